The lowest BCUT2D eigenvalue weighted by atomic mass is 10.2. The first-order valence-electron chi connectivity index (χ1n) is 7.41. The fourth-order valence-corrected chi connectivity index (χ4v) is 2.88. The number of thioether (sulfide) groups is 1. The number of hydrogen-bond donors (Lipinski definition) is 1. The molecule has 0 unspecified atom stereocenters. The number of amides is 1. The minimum absolute atomic E-state index is 0.202. The van der Waals surface area contributed by atoms with Crippen LogP contribution >= 0.6 is 11.8 Å². The summed E-state index contributed by atoms with van der Waals surface area (Å²) in [5.74, 6) is -0.635. The van der Waals surface area contributed by atoms with E-state index < -0.39 is 17.6 Å². The van der Waals surface area contributed by atoms with Crippen molar-refractivity contribution in [1.29, 1.82) is 0 Å². The molecule has 2 rings (SSSR count). The Balaban J connectivity index is 1.76. The van der Waals surface area contributed by atoms with Crippen LogP contribution in [0.3, 0.4) is 0 Å². The fraction of sp³-hybridized carbons (Fsp3) is 0.294. The van der Waals surface area contributed by atoms with E-state index in [2.05, 4.69) is 10.1 Å². The summed E-state index contributed by atoms with van der Waals surface area (Å²) in [7, 11) is 1.30. The van der Waals surface area contributed by atoms with Crippen molar-refractivity contribution in [3.05, 3.63) is 53.0 Å². The second-order valence-corrected chi connectivity index (χ2v) is 6.26. The van der Waals surface area contributed by atoms with Gasteiger partial charge in [-0.05, 0) is 25.1 Å². The standard InChI is InChI=1S/C17H17F2NO4S/c1-10-13(17(22)23-2)8-12(24-10)9-25-6-5-16(21)20-11-3-4-14(18)15(19)7-11/h3-4,7-8H,5-6,9H2,1-2H3,(H,20,21). The van der Waals surface area contributed by atoms with Gasteiger partial charge in [0.2, 0.25) is 5.91 Å². The Kier molecular flexibility index (Phi) is 6.58. The van der Waals surface area contributed by atoms with Gasteiger partial charge < -0.3 is 14.5 Å². The maximum absolute atomic E-state index is 13.1. The summed E-state index contributed by atoms with van der Waals surface area (Å²) >= 11 is 1.45. The molecule has 0 atom stereocenters. The van der Waals surface area contributed by atoms with Crippen molar-refractivity contribution >= 4 is 29.3 Å². The Morgan fingerprint density at radius 3 is 2.68 bits per heavy atom. The third-order valence-corrected chi connectivity index (χ3v) is 4.28. The molecule has 1 N–H and O–H groups in total. The number of aryl methyl sites for hydroxylation is 1. The highest BCUT2D eigenvalue weighted by Gasteiger charge is 2.15. The average molecular weight is 369 g/mol. The van der Waals surface area contributed by atoms with E-state index in [1.54, 1.807) is 13.0 Å². The lowest BCUT2D eigenvalue weighted by Crippen LogP contribution is -2.12. The van der Waals surface area contributed by atoms with Crippen LogP contribution in [0.1, 0.15) is 28.3 Å². The van der Waals surface area contributed by atoms with Crippen LogP contribution in [0.4, 0.5) is 14.5 Å². The van der Waals surface area contributed by atoms with Crippen molar-refractivity contribution in [3.8, 4) is 0 Å². The summed E-state index contributed by atoms with van der Waals surface area (Å²) in [6.07, 6.45) is 0.202. The Bertz CT molecular complexity index is 776. The molecule has 0 aliphatic heterocycles. The predicted molar refractivity (Wildman–Crippen MR) is 90.6 cm³/mol. The van der Waals surface area contributed by atoms with E-state index in [1.165, 1.54) is 24.9 Å². The summed E-state index contributed by atoms with van der Waals surface area (Å²) < 4.78 is 36.0. The summed E-state index contributed by atoms with van der Waals surface area (Å²) in [5.41, 5.74) is 0.590. The molecule has 25 heavy (non-hydrogen) atoms. The zero-order chi connectivity index (χ0) is 18.4. The van der Waals surface area contributed by atoms with Crippen molar-refractivity contribution < 1.29 is 27.5 Å². The number of carbonyl (C=O) groups excluding carboxylic acids is 2. The van der Waals surface area contributed by atoms with Gasteiger partial charge in [-0.15, -0.1) is 0 Å². The van der Waals surface area contributed by atoms with E-state index >= 15 is 0 Å². The van der Waals surface area contributed by atoms with Gasteiger partial charge in [0.05, 0.1) is 12.9 Å². The van der Waals surface area contributed by atoms with Gasteiger partial charge in [0, 0.05) is 23.9 Å². The number of methoxy groups -OCH3 is 1. The zero-order valence-corrected chi connectivity index (χ0v) is 14.5. The summed E-state index contributed by atoms with van der Waals surface area (Å²) in [4.78, 5) is 23.3. The van der Waals surface area contributed by atoms with Crippen LogP contribution in [-0.2, 0) is 15.3 Å². The summed E-state index contributed by atoms with van der Waals surface area (Å²) in [6, 6.07) is 4.80. The van der Waals surface area contributed by atoms with E-state index in [1.807, 2.05) is 0 Å². The van der Waals surface area contributed by atoms with Crippen molar-refractivity contribution in [2.45, 2.75) is 19.1 Å². The van der Waals surface area contributed by atoms with Crippen LogP contribution < -0.4 is 5.32 Å². The van der Waals surface area contributed by atoms with Crippen molar-refractivity contribution in [2.24, 2.45) is 0 Å². The van der Waals surface area contributed by atoms with Crippen LogP contribution in [0, 0.1) is 18.6 Å². The van der Waals surface area contributed by atoms with Gasteiger partial charge in [-0.3, -0.25) is 4.79 Å². The minimum atomic E-state index is -1.01. The van der Waals surface area contributed by atoms with E-state index in [4.69, 9.17) is 4.42 Å². The molecule has 1 amide bonds. The number of carbonyl (C=O) groups is 2. The second-order valence-electron chi connectivity index (χ2n) is 5.15. The van der Waals surface area contributed by atoms with E-state index in [-0.39, 0.29) is 18.0 Å². The van der Waals surface area contributed by atoms with Crippen molar-refractivity contribution in [2.75, 3.05) is 18.2 Å². The molecule has 0 saturated carbocycles. The molecule has 134 valence electrons. The normalized spacial score (nSPS) is 10.6. The Hall–Kier alpha value is -2.35. The molecule has 0 aliphatic rings. The van der Waals surface area contributed by atoms with Gasteiger partial charge in [0.1, 0.15) is 17.1 Å². The number of benzene rings is 1. The maximum Gasteiger partial charge on any atom is 0.341 e. The van der Waals surface area contributed by atoms with Gasteiger partial charge in [0.25, 0.3) is 0 Å². The highest BCUT2D eigenvalue weighted by Crippen LogP contribution is 2.21. The SMILES string of the molecule is COC(=O)c1cc(CSCCC(=O)Nc2ccc(F)c(F)c2)oc1C. The van der Waals surface area contributed by atoms with E-state index in [0.29, 0.717) is 28.6 Å². The lowest BCUT2D eigenvalue weighted by molar-refractivity contribution is -0.115. The second kappa shape index (κ2) is 8.66. The summed E-state index contributed by atoms with van der Waals surface area (Å²) in [5, 5.41) is 2.50. The maximum atomic E-state index is 13.1. The van der Waals surface area contributed by atoms with Gasteiger partial charge in [-0.2, -0.15) is 11.8 Å². The largest absolute Gasteiger partial charge is 0.465 e. The molecule has 0 fully saturated rings. The van der Waals surface area contributed by atoms with Gasteiger partial charge in [0.15, 0.2) is 11.6 Å². The Labute approximate surface area is 147 Å². The molecular formula is C17H17F2NO4S. The van der Waals surface area contributed by atoms with Crippen molar-refractivity contribution in [1.82, 2.24) is 0 Å². The molecule has 0 spiro atoms. The summed E-state index contributed by atoms with van der Waals surface area (Å²) in [6.45, 7) is 1.68. The number of ether oxygens (including phenoxy) is 1. The number of rotatable bonds is 7. The molecule has 0 radical (unpaired) electrons. The monoisotopic (exact) mass is 369 g/mol. The van der Waals surface area contributed by atoms with Crippen LogP contribution in [0.25, 0.3) is 0 Å². The molecule has 5 nitrogen and oxygen atoms in total. The van der Waals surface area contributed by atoms with E-state index in [0.717, 1.165) is 12.1 Å². The van der Waals surface area contributed by atoms with Crippen molar-refractivity contribution in [3.63, 3.8) is 0 Å². The van der Waals surface area contributed by atoms with Gasteiger partial charge >= 0.3 is 5.97 Å². The van der Waals surface area contributed by atoms with Crippen LogP contribution in [0.2, 0.25) is 0 Å². The molecule has 2 aromatic rings. The predicted octanol–water partition coefficient (Wildman–Crippen LogP) is 3.91. The van der Waals surface area contributed by atoms with Crippen LogP contribution in [-0.4, -0.2) is 24.7 Å². The first-order chi connectivity index (χ1) is 11.9. The van der Waals surface area contributed by atoms with Crippen LogP contribution in [0.15, 0.2) is 28.7 Å². The molecular weight excluding hydrogens is 352 g/mol. The molecule has 0 aliphatic carbocycles. The molecule has 1 heterocycles. The molecule has 0 saturated heterocycles. The smallest absolute Gasteiger partial charge is 0.341 e. The third-order valence-electron chi connectivity index (χ3n) is 3.30. The quantitative estimate of drug-likeness (QED) is 0.592. The molecule has 8 heteroatoms. The number of esters is 1. The number of halogens is 2. The number of anilines is 1. The minimum Gasteiger partial charge on any atom is -0.465 e. The fourth-order valence-electron chi connectivity index (χ4n) is 2.06. The Morgan fingerprint density at radius 2 is 2.00 bits per heavy atom. The number of nitrogens with one attached hydrogen (secondary N) is 1. The molecule has 1 aromatic heterocycles. The first kappa shape index (κ1) is 19.0. The lowest BCUT2D eigenvalue weighted by Gasteiger charge is -2.05. The van der Waals surface area contributed by atoms with Gasteiger partial charge in [-0.1, -0.05) is 0 Å². The molecule has 1 aromatic carbocycles. The third kappa shape index (κ3) is 5.32. The van der Waals surface area contributed by atoms with Gasteiger partial charge in [-0.25, -0.2) is 13.6 Å². The van der Waals surface area contributed by atoms with E-state index in [9.17, 15) is 18.4 Å². The Morgan fingerprint density at radius 1 is 1.24 bits per heavy atom. The van der Waals surface area contributed by atoms with Crippen LogP contribution in [0.5, 0.6) is 0 Å². The topological polar surface area (TPSA) is 68.5 Å². The number of furan rings is 1. The zero-order valence-electron chi connectivity index (χ0n) is 13.7. The highest BCUT2D eigenvalue weighted by atomic mass is 32.2. The number of hydrogen-bond acceptors (Lipinski definition) is 5. The first-order valence-corrected chi connectivity index (χ1v) is 8.56. The highest BCUT2D eigenvalue weighted by molar-refractivity contribution is 7.98. The molecule has 0 bridgehead atoms. The average Bonchev–Trinajstić information content (AvgIpc) is 2.95.